The Morgan fingerprint density at radius 1 is 1.23 bits per heavy atom. The summed E-state index contributed by atoms with van der Waals surface area (Å²) < 4.78 is 5.33. The van der Waals surface area contributed by atoms with Crippen LogP contribution in [0.1, 0.15) is 28.8 Å². The second-order valence-electron chi connectivity index (χ2n) is 5.55. The molecule has 122 valence electrons. The largest absolute Gasteiger partial charge is 0.379 e. The summed E-state index contributed by atoms with van der Waals surface area (Å²) in [6, 6.07) is 7.89. The zero-order chi connectivity index (χ0) is 15.6. The molecule has 2 rings (SSSR count). The lowest BCUT2D eigenvalue weighted by Gasteiger charge is -2.26. The van der Waals surface area contributed by atoms with Crippen LogP contribution < -0.4 is 5.32 Å². The number of hydrogen-bond acceptors (Lipinski definition) is 4. The molecule has 1 aromatic rings. The molecule has 1 aliphatic rings. The molecule has 1 aliphatic heterocycles. The number of benzene rings is 1. The predicted octanol–water partition coefficient (Wildman–Crippen LogP) is 2.39. The molecule has 0 aromatic heterocycles. The van der Waals surface area contributed by atoms with Crippen molar-refractivity contribution in [2.24, 2.45) is 0 Å². The maximum Gasteiger partial charge on any atom is 0.251 e. The first-order valence-electron chi connectivity index (χ1n) is 7.96. The molecular formula is C17H26N2O2S. The van der Waals surface area contributed by atoms with Crippen LogP contribution in [0.25, 0.3) is 0 Å². The highest BCUT2D eigenvalue weighted by Crippen LogP contribution is 2.10. The number of nitrogens with one attached hydrogen (secondary N) is 1. The summed E-state index contributed by atoms with van der Waals surface area (Å²) in [7, 11) is 0. The molecule has 1 N–H and O–H groups in total. The number of carbonyl (C=O) groups excluding carboxylic acids is 1. The van der Waals surface area contributed by atoms with E-state index in [0.29, 0.717) is 0 Å². The van der Waals surface area contributed by atoms with Crippen molar-refractivity contribution in [3.63, 3.8) is 0 Å². The van der Waals surface area contributed by atoms with E-state index in [9.17, 15) is 4.79 Å². The number of amides is 1. The number of carbonyl (C=O) groups is 1. The van der Waals surface area contributed by atoms with Gasteiger partial charge in [-0.25, -0.2) is 0 Å². The van der Waals surface area contributed by atoms with Gasteiger partial charge in [0.2, 0.25) is 0 Å². The minimum absolute atomic E-state index is 0.0297. The number of morpholine rings is 1. The minimum atomic E-state index is 0.0297. The molecule has 22 heavy (non-hydrogen) atoms. The molecule has 0 bridgehead atoms. The molecule has 0 spiro atoms. The molecule has 0 saturated carbocycles. The van der Waals surface area contributed by atoms with Crippen molar-refractivity contribution in [1.82, 2.24) is 10.2 Å². The average Bonchev–Trinajstić information content (AvgIpc) is 2.56. The van der Waals surface area contributed by atoms with Gasteiger partial charge in [-0.1, -0.05) is 12.1 Å². The van der Waals surface area contributed by atoms with Crippen LogP contribution in [0.5, 0.6) is 0 Å². The van der Waals surface area contributed by atoms with Gasteiger partial charge in [-0.2, -0.15) is 11.8 Å². The van der Waals surface area contributed by atoms with Crippen molar-refractivity contribution < 1.29 is 9.53 Å². The monoisotopic (exact) mass is 322 g/mol. The van der Waals surface area contributed by atoms with E-state index < -0.39 is 0 Å². The van der Waals surface area contributed by atoms with Crippen molar-refractivity contribution in [3.8, 4) is 0 Å². The lowest BCUT2D eigenvalue weighted by Crippen LogP contribution is -2.37. The minimum Gasteiger partial charge on any atom is -0.379 e. The van der Waals surface area contributed by atoms with E-state index in [1.807, 2.05) is 24.3 Å². The third-order valence-corrected chi connectivity index (χ3v) is 4.44. The number of ether oxygens (including phenoxy) is 1. The van der Waals surface area contributed by atoms with Crippen LogP contribution in [-0.2, 0) is 10.5 Å². The zero-order valence-electron chi connectivity index (χ0n) is 13.3. The Morgan fingerprint density at radius 3 is 2.64 bits per heavy atom. The van der Waals surface area contributed by atoms with Gasteiger partial charge in [0, 0.05) is 31.0 Å². The second kappa shape index (κ2) is 9.87. The first-order valence-corrected chi connectivity index (χ1v) is 9.35. The summed E-state index contributed by atoms with van der Waals surface area (Å²) >= 11 is 1.79. The van der Waals surface area contributed by atoms with Crippen LogP contribution in [0.15, 0.2) is 24.3 Å². The summed E-state index contributed by atoms with van der Waals surface area (Å²) in [6.07, 6.45) is 4.22. The van der Waals surface area contributed by atoms with Gasteiger partial charge in [-0.15, -0.1) is 0 Å². The second-order valence-corrected chi connectivity index (χ2v) is 6.41. The zero-order valence-corrected chi connectivity index (χ0v) is 14.2. The highest BCUT2D eigenvalue weighted by atomic mass is 32.2. The van der Waals surface area contributed by atoms with Gasteiger partial charge in [0.1, 0.15) is 0 Å². The third-order valence-electron chi connectivity index (χ3n) is 3.82. The molecule has 1 amide bonds. The van der Waals surface area contributed by atoms with E-state index in [1.54, 1.807) is 11.8 Å². The maximum absolute atomic E-state index is 12.0. The maximum atomic E-state index is 12.0. The fourth-order valence-corrected chi connectivity index (χ4v) is 3.03. The molecule has 1 saturated heterocycles. The first kappa shape index (κ1) is 17.3. The number of thioether (sulfide) groups is 1. The van der Waals surface area contributed by atoms with Crippen molar-refractivity contribution in [2.75, 3.05) is 45.6 Å². The van der Waals surface area contributed by atoms with Gasteiger partial charge in [-0.05, 0) is 43.3 Å². The normalized spacial score (nSPS) is 15.7. The summed E-state index contributed by atoms with van der Waals surface area (Å²) in [6.45, 7) is 5.62. The Kier molecular flexibility index (Phi) is 7.77. The van der Waals surface area contributed by atoms with Crippen molar-refractivity contribution in [1.29, 1.82) is 0 Å². The quantitative estimate of drug-likeness (QED) is 0.746. The Bertz CT molecular complexity index is 444. The highest BCUT2D eigenvalue weighted by molar-refractivity contribution is 7.97. The Labute approximate surface area is 137 Å². The smallest absolute Gasteiger partial charge is 0.251 e. The molecule has 1 aromatic carbocycles. The first-order chi connectivity index (χ1) is 10.8. The van der Waals surface area contributed by atoms with E-state index in [1.165, 1.54) is 5.56 Å². The van der Waals surface area contributed by atoms with E-state index in [2.05, 4.69) is 16.5 Å². The average molecular weight is 322 g/mol. The van der Waals surface area contributed by atoms with Crippen LogP contribution in [0.3, 0.4) is 0 Å². The van der Waals surface area contributed by atoms with Crippen LogP contribution >= 0.6 is 11.8 Å². The van der Waals surface area contributed by atoms with Crippen molar-refractivity contribution >= 4 is 17.7 Å². The fraction of sp³-hybridized carbons (Fsp3) is 0.588. The van der Waals surface area contributed by atoms with Gasteiger partial charge in [0.05, 0.1) is 13.2 Å². The molecule has 5 heteroatoms. The SMILES string of the molecule is CSCc1ccc(C(=O)NCCCCN2CCOCC2)cc1. The molecule has 0 radical (unpaired) electrons. The van der Waals surface area contributed by atoms with E-state index >= 15 is 0 Å². The molecular weight excluding hydrogens is 296 g/mol. The molecule has 4 nitrogen and oxygen atoms in total. The van der Waals surface area contributed by atoms with Crippen LogP contribution in [0.4, 0.5) is 0 Å². The molecule has 1 heterocycles. The summed E-state index contributed by atoms with van der Waals surface area (Å²) in [5.41, 5.74) is 2.01. The predicted molar refractivity (Wildman–Crippen MR) is 92.5 cm³/mol. The fourth-order valence-electron chi connectivity index (χ4n) is 2.51. The van der Waals surface area contributed by atoms with E-state index in [-0.39, 0.29) is 5.91 Å². The highest BCUT2D eigenvalue weighted by Gasteiger charge is 2.09. The number of hydrogen-bond donors (Lipinski definition) is 1. The number of nitrogens with zero attached hydrogens (tertiary/aromatic N) is 1. The topological polar surface area (TPSA) is 41.6 Å². The van der Waals surface area contributed by atoms with Gasteiger partial charge in [-0.3, -0.25) is 9.69 Å². The summed E-state index contributed by atoms with van der Waals surface area (Å²) in [5, 5.41) is 3.00. The van der Waals surface area contributed by atoms with Crippen LogP contribution in [0.2, 0.25) is 0 Å². The van der Waals surface area contributed by atoms with Gasteiger partial charge < -0.3 is 10.1 Å². The van der Waals surface area contributed by atoms with Gasteiger partial charge >= 0.3 is 0 Å². The van der Waals surface area contributed by atoms with Crippen molar-refractivity contribution in [2.45, 2.75) is 18.6 Å². The summed E-state index contributed by atoms with van der Waals surface area (Å²) in [5.74, 6) is 1.02. The Hall–Kier alpha value is -1.04. The van der Waals surface area contributed by atoms with Crippen LogP contribution in [-0.4, -0.2) is 56.5 Å². The molecule has 0 aliphatic carbocycles. The standard InChI is InChI=1S/C17H26N2O2S/c1-22-14-15-4-6-16(7-5-15)17(20)18-8-2-3-9-19-10-12-21-13-11-19/h4-7H,2-3,8-14H2,1H3,(H,18,20). The van der Waals surface area contributed by atoms with E-state index in [0.717, 1.165) is 63.6 Å². The Balaban J connectivity index is 1.60. The van der Waals surface area contributed by atoms with Crippen LogP contribution in [0, 0.1) is 0 Å². The molecule has 1 fully saturated rings. The number of rotatable bonds is 8. The van der Waals surface area contributed by atoms with Gasteiger partial charge in [0.15, 0.2) is 0 Å². The van der Waals surface area contributed by atoms with Gasteiger partial charge in [0.25, 0.3) is 5.91 Å². The third kappa shape index (κ3) is 5.99. The molecule has 0 atom stereocenters. The number of unbranched alkanes of at least 4 members (excludes halogenated alkanes) is 1. The Morgan fingerprint density at radius 2 is 1.95 bits per heavy atom. The lowest BCUT2D eigenvalue weighted by atomic mass is 10.1. The van der Waals surface area contributed by atoms with E-state index in [4.69, 9.17) is 4.74 Å². The lowest BCUT2D eigenvalue weighted by molar-refractivity contribution is 0.0372. The summed E-state index contributed by atoms with van der Waals surface area (Å²) in [4.78, 5) is 14.5. The van der Waals surface area contributed by atoms with Crippen molar-refractivity contribution in [3.05, 3.63) is 35.4 Å². The molecule has 0 unspecified atom stereocenters.